The fourth-order valence-corrected chi connectivity index (χ4v) is 15.2. The van der Waals surface area contributed by atoms with Crippen molar-refractivity contribution in [1.29, 1.82) is 0 Å². The Balaban J connectivity index is 0.970. The molecule has 0 spiro atoms. The van der Waals surface area contributed by atoms with Gasteiger partial charge in [0.2, 0.25) is 0 Å². The Labute approximate surface area is 268 Å². The number of aliphatic hydroxyl groups is 2. The smallest absolute Gasteiger partial charge is 0.0596 e. The molecule has 8 aliphatic carbocycles. The predicted molar refractivity (Wildman–Crippen MR) is 179 cm³/mol. The molecule has 8 aliphatic rings. The quantitative estimate of drug-likeness (QED) is 0.293. The van der Waals surface area contributed by atoms with Gasteiger partial charge in [-0.25, -0.2) is 0 Å². The third-order valence-electron chi connectivity index (χ3n) is 17.9. The maximum atomic E-state index is 10.9. The van der Waals surface area contributed by atoms with Crippen molar-refractivity contribution in [2.75, 3.05) is 0 Å². The first-order valence-corrected chi connectivity index (χ1v) is 19.4. The van der Waals surface area contributed by atoms with Gasteiger partial charge in [-0.15, -0.1) is 0 Å². The Morgan fingerprint density at radius 2 is 0.886 bits per heavy atom. The molecule has 8 saturated carbocycles. The molecule has 0 unspecified atom stereocenters. The number of rotatable bonds is 1. The van der Waals surface area contributed by atoms with Crippen molar-refractivity contribution < 1.29 is 10.2 Å². The van der Waals surface area contributed by atoms with Crippen molar-refractivity contribution in [1.82, 2.24) is 0 Å². The standard InChI is InChI=1S/C40H64N2O2/c1-23-21-39(5)25(7-9-27-29-11-13-35(43)37(29,3)17-15-31(27)39)19-33(23)41-42-34-20-26-8-10-28-30-12-14-36(44)38(30,4)18-16-32(28)40(26,6)22-24(34)2/h23-32,35-36,43-44H,7-22H2,1-6H3/b41-33+,42-34+/t23-,24-,25+,26+,27+,28+,29+,30+,31+,32+,35+,36+,37+,38+,39+,40+/m1/s1. The fourth-order valence-electron chi connectivity index (χ4n) is 15.2. The van der Waals surface area contributed by atoms with E-state index in [1.807, 2.05) is 0 Å². The summed E-state index contributed by atoms with van der Waals surface area (Å²) in [5.41, 5.74) is 3.99. The van der Waals surface area contributed by atoms with E-state index in [2.05, 4.69) is 41.5 Å². The second kappa shape index (κ2) is 10.4. The lowest BCUT2D eigenvalue weighted by Gasteiger charge is -2.61. The first-order valence-electron chi connectivity index (χ1n) is 19.4. The maximum absolute atomic E-state index is 10.9. The van der Waals surface area contributed by atoms with Gasteiger partial charge in [-0.3, -0.25) is 0 Å². The topological polar surface area (TPSA) is 65.2 Å². The van der Waals surface area contributed by atoms with Crippen LogP contribution in [0.25, 0.3) is 0 Å². The van der Waals surface area contributed by atoms with Gasteiger partial charge in [0.05, 0.1) is 12.2 Å². The molecule has 44 heavy (non-hydrogen) atoms. The van der Waals surface area contributed by atoms with Crippen LogP contribution in [0.15, 0.2) is 10.2 Å². The minimum absolute atomic E-state index is 0.0722. The lowest BCUT2D eigenvalue weighted by molar-refractivity contribution is -0.116. The molecule has 0 amide bonds. The van der Waals surface area contributed by atoms with Crippen molar-refractivity contribution >= 4 is 11.4 Å². The van der Waals surface area contributed by atoms with Crippen LogP contribution in [0.2, 0.25) is 0 Å². The molecule has 4 nitrogen and oxygen atoms in total. The average Bonchev–Trinajstić information content (AvgIpc) is 3.46. The number of fused-ring (bicyclic) bond motifs is 10. The van der Waals surface area contributed by atoms with E-state index in [0.29, 0.717) is 22.7 Å². The Morgan fingerprint density at radius 3 is 1.30 bits per heavy atom. The van der Waals surface area contributed by atoms with Crippen LogP contribution >= 0.6 is 0 Å². The van der Waals surface area contributed by atoms with E-state index in [-0.39, 0.29) is 23.0 Å². The molecule has 0 aromatic heterocycles. The lowest BCUT2D eigenvalue weighted by atomic mass is 9.44. The minimum Gasteiger partial charge on any atom is -0.393 e. The molecule has 0 aromatic carbocycles. The predicted octanol–water partition coefficient (Wildman–Crippen LogP) is 9.08. The van der Waals surface area contributed by atoms with E-state index in [0.717, 1.165) is 73.0 Å². The van der Waals surface area contributed by atoms with Gasteiger partial charge in [0, 0.05) is 11.4 Å². The molecule has 0 radical (unpaired) electrons. The average molecular weight is 605 g/mol. The fraction of sp³-hybridized carbons (Fsp3) is 0.950. The van der Waals surface area contributed by atoms with Gasteiger partial charge in [0.15, 0.2) is 0 Å². The largest absolute Gasteiger partial charge is 0.393 e. The zero-order valence-electron chi connectivity index (χ0n) is 29.0. The number of nitrogens with zero attached hydrogens (tertiary/aromatic N) is 2. The molecule has 8 fully saturated rings. The van der Waals surface area contributed by atoms with Crippen molar-refractivity contribution in [2.45, 2.75) is 156 Å². The van der Waals surface area contributed by atoms with Crippen LogP contribution in [-0.2, 0) is 0 Å². The SMILES string of the molecule is C[C@@H]1C[C@@]2(C)[C@@H](CC[C@@H]3[C@@H]2CC[C@]2(C)[C@@H](O)CC[C@@H]32)C/C1=N\N=C1/C[C@@H]2CC[C@@H]3[C@H](CC[C@]4(C)[C@@H](O)CC[C@@H]34)[C@@]2(C)C[C@H]1C. The van der Waals surface area contributed by atoms with E-state index < -0.39 is 0 Å². The molecule has 0 aromatic rings. The highest BCUT2D eigenvalue weighted by molar-refractivity contribution is 5.91. The first kappa shape index (κ1) is 30.6. The van der Waals surface area contributed by atoms with Crippen LogP contribution in [0.4, 0.5) is 0 Å². The van der Waals surface area contributed by atoms with Crippen molar-refractivity contribution in [3.8, 4) is 0 Å². The van der Waals surface area contributed by atoms with Crippen LogP contribution in [0, 0.1) is 80.8 Å². The highest BCUT2D eigenvalue weighted by Crippen LogP contribution is 2.68. The summed E-state index contributed by atoms with van der Waals surface area (Å²) in [6.07, 6.45) is 19.8. The van der Waals surface area contributed by atoms with E-state index in [4.69, 9.17) is 10.2 Å². The van der Waals surface area contributed by atoms with Crippen molar-refractivity contribution in [2.24, 2.45) is 91.0 Å². The molecular formula is C40H64N2O2. The molecule has 16 atom stereocenters. The monoisotopic (exact) mass is 604 g/mol. The van der Waals surface area contributed by atoms with Gasteiger partial charge in [-0.05, 0) is 184 Å². The Bertz CT molecular complexity index is 1120. The Morgan fingerprint density at radius 1 is 0.500 bits per heavy atom. The highest BCUT2D eigenvalue weighted by Gasteiger charge is 2.62. The molecule has 0 heterocycles. The number of aliphatic hydroxyl groups excluding tert-OH is 2. The summed E-state index contributed by atoms with van der Waals surface area (Å²) < 4.78 is 0. The maximum Gasteiger partial charge on any atom is 0.0596 e. The van der Waals surface area contributed by atoms with Crippen LogP contribution in [-0.4, -0.2) is 33.8 Å². The summed E-state index contributed by atoms with van der Waals surface area (Å²) in [4.78, 5) is 0. The Kier molecular flexibility index (Phi) is 7.21. The summed E-state index contributed by atoms with van der Waals surface area (Å²) in [6, 6.07) is 0. The highest BCUT2D eigenvalue weighted by atomic mass is 16.3. The summed E-state index contributed by atoms with van der Waals surface area (Å²) >= 11 is 0. The molecule has 8 rings (SSSR count). The summed E-state index contributed by atoms with van der Waals surface area (Å²) in [7, 11) is 0. The molecular weight excluding hydrogens is 540 g/mol. The molecule has 4 heteroatoms. The van der Waals surface area contributed by atoms with Gasteiger partial charge >= 0.3 is 0 Å². The third kappa shape index (κ3) is 4.20. The second-order valence-corrected chi connectivity index (χ2v) is 19.4. The zero-order valence-corrected chi connectivity index (χ0v) is 29.0. The molecule has 2 N–H and O–H groups in total. The van der Waals surface area contributed by atoms with Crippen LogP contribution in [0.1, 0.15) is 144 Å². The van der Waals surface area contributed by atoms with Crippen LogP contribution < -0.4 is 0 Å². The van der Waals surface area contributed by atoms with Gasteiger partial charge in [0.25, 0.3) is 0 Å². The summed E-state index contributed by atoms with van der Waals surface area (Å²) in [5.74, 6) is 7.34. The van der Waals surface area contributed by atoms with Crippen molar-refractivity contribution in [3.63, 3.8) is 0 Å². The number of hydrogen-bond donors (Lipinski definition) is 2. The van der Waals surface area contributed by atoms with E-state index in [1.54, 1.807) is 0 Å². The lowest BCUT2D eigenvalue weighted by Crippen LogP contribution is -2.55. The van der Waals surface area contributed by atoms with Gasteiger partial charge < -0.3 is 10.2 Å². The molecule has 0 bridgehead atoms. The number of hydrogen-bond acceptors (Lipinski definition) is 4. The minimum atomic E-state index is -0.0722. The second-order valence-electron chi connectivity index (χ2n) is 19.4. The van der Waals surface area contributed by atoms with Gasteiger partial charge in [-0.1, -0.05) is 41.5 Å². The molecule has 0 aliphatic heterocycles. The van der Waals surface area contributed by atoms with Gasteiger partial charge in [-0.2, -0.15) is 10.2 Å². The van der Waals surface area contributed by atoms with Gasteiger partial charge in [0.1, 0.15) is 0 Å². The molecule has 246 valence electrons. The normalized spacial score (nSPS) is 60.2. The zero-order chi connectivity index (χ0) is 30.8. The first-order chi connectivity index (χ1) is 20.9. The Hall–Kier alpha value is -0.740. The molecule has 0 saturated heterocycles. The van der Waals surface area contributed by atoms with E-state index in [9.17, 15) is 10.2 Å². The van der Waals surface area contributed by atoms with Crippen LogP contribution in [0.3, 0.4) is 0 Å². The van der Waals surface area contributed by atoms with E-state index in [1.165, 1.54) is 88.5 Å². The third-order valence-corrected chi connectivity index (χ3v) is 17.9. The summed E-state index contributed by atoms with van der Waals surface area (Å²) in [5, 5.41) is 32.1. The van der Waals surface area contributed by atoms with E-state index >= 15 is 0 Å². The van der Waals surface area contributed by atoms with Crippen molar-refractivity contribution in [3.05, 3.63) is 0 Å². The summed E-state index contributed by atoms with van der Waals surface area (Å²) in [6.45, 7) is 15.1. The van der Waals surface area contributed by atoms with Crippen LogP contribution in [0.5, 0.6) is 0 Å².